The summed E-state index contributed by atoms with van der Waals surface area (Å²) in [5.41, 5.74) is 4.48. The van der Waals surface area contributed by atoms with Crippen molar-refractivity contribution in [1.82, 2.24) is 15.2 Å². The van der Waals surface area contributed by atoms with Gasteiger partial charge in [-0.15, -0.1) is 0 Å². The topological polar surface area (TPSA) is 144 Å². The molecule has 0 aliphatic carbocycles. The highest BCUT2D eigenvalue weighted by Crippen LogP contribution is 2.41. The third kappa shape index (κ3) is 11.8. The number of benzene rings is 2. The Bertz CT molecular complexity index is 1790. The van der Waals surface area contributed by atoms with E-state index in [1.54, 1.807) is 29.2 Å². The van der Waals surface area contributed by atoms with E-state index in [1.165, 1.54) is 18.3 Å². The lowest BCUT2D eigenvalue weighted by Crippen LogP contribution is -2.54. The van der Waals surface area contributed by atoms with Gasteiger partial charge in [-0.05, 0) is 68.1 Å². The fourth-order valence-electron chi connectivity index (χ4n) is 7.21. The maximum Gasteiger partial charge on any atom is 0.416 e. The number of aromatic nitrogens is 1. The molecule has 0 saturated carbocycles. The first-order valence-electron chi connectivity index (χ1n) is 19.4. The fraction of sp³-hybridized carbons (Fsp3) is 0.537. The second kappa shape index (κ2) is 21.4. The van der Waals surface area contributed by atoms with Gasteiger partial charge in [0.15, 0.2) is 0 Å². The van der Waals surface area contributed by atoms with Crippen molar-refractivity contribution in [2.75, 3.05) is 104 Å². The summed E-state index contributed by atoms with van der Waals surface area (Å²) >= 11 is 0. The summed E-state index contributed by atoms with van der Waals surface area (Å²) < 4.78 is 84.0. The molecular formula is C41H52F4N6O6. The molecule has 2 aromatic carbocycles. The van der Waals surface area contributed by atoms with Crippen molar-refractivity contribution < 1.29 is 46.0 Å². The molecule has 2 fully saturated rings. The number of pyridine rings is 1. The highest BCUT2D eigenvalue weighted by molar-refractivity contribution is 5.89. The molecule has 57 heavy (non-hydrogen) atoms. The zero-order valence-electron chi connectivity index (χ0n) is 32.3. The summed E-state index contributed by atoms with van der Waals surface area (Å²) in [6.45, 7) is 9.00. The Balaban J connectivity index is 1.21. The normalized spacial score (nSPS) is 17.1. The summed E-state index contributed by atoms with van der Waals surface area (Å²) in [4.78, 5) is 23.0. The van der Waals surface area contributed by atoms with Crippen molar-refractivity contribution >= 4 is 11.6 Å². The molecule has 0 bridgehead atoms. The smallest absolute Gasteiger partial charge is 0.416 e. The van der Waals surface area contributed by atoms with Crippen LogP contribution in [-0.2, 0) is 35.3 Å². The predicted molar refractivity (Wildman–Crippen MR) is 205 cm³/mol. The summed E-state index contributed by atoms with van der Waals surface area (Å²) in [7, 11) is 0. The van der Waals surface area contributed by atoms with Crippen molar-refractivity contribution in [2.45, 2.75) is 43.8 Å². The minimum absolute atomic E-state index is 0.0914. The van der Waals surface area contributed by atoms with Crippen LogP contribution in [0.5, 0.6) is 5.75 Å². The molecule has 16 heteroatoms. The molecule has 0 unspecified atom stereocenters. The summed E-state index contributed by atoms with van der Waals surface area (Å²) in [6, 6.07) is 13.2. The van der Waals surface area contributed by atoms with Gasteiger partial charge in [-0.25, -0.2) is 4.39 Å². The first-order chi connectivity index (χ1) is 27.6. The van der Waals surface area contributed by atoms with Crippen molar-refractivity contribution in [3.05, 3.63) is 77.2 Å². The number of carbonyl (C=O) groups excluding carboxylic acids is 1. The number of ether oxygens (including phenoxy) is 5. The third-order valence-corrected chi connectivity index (χ3v) is 10.2. The van der Waals surface area contributed by atoms with Crippen LogP contribution in [0.2, 0.25) is 0 Å². The number of hydrogen-bond donors (Lipinski definition) is 2. The van der Waals surface area contributed by atoms with Crippen LogP contribution in [0.15, 0.2) is 54.7 Å². The van der Waals surface area contributed by atoms with Crippen molar-refractivity contribution in [2.24, 2.45) is 5.73 Å². The lowest BCUT2D eigenvalue weighted by molar-refractivity contribution is -0.137. The highest BCUT2D eigenvalue weighted by atomic mass is 19.4. The number of halogens is 4. The third-order valence-electron chi connectivity index (χ3n) is 10.2. The number of anilines is 1. The van der Waals surface area contributed by atoms with Crippen LogP contribution in [0.1, 0.15) is 42.9 Å². The summed E-state index contributed by atoms with van der Waals surface area (Å²) in [6.07, 6.45) is -1.93. The van der Waals surface area contributed by atoms with Gasteiger partial charge in [0.2, 0.25) is 5.91 Å². The van der Waals surface area contributed by atoms with Gasteiger partial charge < -0.3 is 39.6 Å². The maximum atomic E-state index is 16.1. The second-order valence-corrected chi connectivity index (χ2v) is 13.9. The second-order valence-electron chi connectivity index (χ2n) is 13.9. The van der Waals surface area contributed by atoms with E-state index in [1.807, 2.05) is 13.0 Å². The molecule has 2 aliphatic rings. The first kappa shape index (κ1) is 43.7. The van der Waals surface area contributed by atoms with Crippen LogP contribution in [0.4, 0.5) is 23.2 Å². The van der Waals surface area contributed by atoms with Crippen molar-refractivity contribution in [1.29, 1.82) is 5.26 Å². The van der Waals surface area contributed by atoms with Gasteiger partial charge in [0, 0.05) is 57.1 Å². The van der Waals surface area contributed by atoms with E-state index in [4.69, 9.17) is 29.4 Å². The zero-order valence-corrected chi connectivity index (χ0v) is 32.3. The average molecular weight is 801 g/mol. The van der Waals surface area contributed by atoms with Gasteiger partial charge in [-0.2, -0.15) is 18.4 Å². The molecular weight excluding hydrogens is 748 g/mol. The standard InChI is InChI=1S/C41H52F4N6O6/c1-2-57-37-6-4-3-5-34(37)38-35(42)26-32(28-48-38)40(10-14-51(15-11-40)36-8-7-31(41(43,44)45)25-30(36)27-47)39(52)49-33-9-13-50(29-33)16-18-54-20-22-56-24-23-55-21-19-53-17-12-46/h3-8,25-26,28,33H,2,9-24,29,46H2,1H3,(H,49,52)/t33-/m1/s1. The van der Waals surface area contributed by atoms with E-state index in [9.17, 15) is 23.2 Å². The number of likely N-dealkylation sites (tertiary alicyclic amines) is 1. The molecule has 5 rings (SSSR count). The van der Waals surface area contributed by atoms with Crippen molar-refractivity contribution in [3.63, 3.8) is 0 Å². The molecule has 0 radical (unpaired) electrons. The molecule has 2 saturated heterocycles. The lowest BCUT2D eigenvalue weighted by Gasteiger charge is -2.42. The Morgan fingerprint density at radius 1 is 0.965 bits per heavy atom. The molecule has 1 atom stereocenters. The number of alkyl halides is 3. The number of hydrogen-bond acceptors (Lipinski definition) is 11. The van der Waals surface area contributed by atoms with Crippen LogP contribution in [-0.4, -0.2) is 121 Å². The van der Waals surface area contributed by atoms with Crippen molar-refractivity contribution in [3.8, 4) is 23.1 Å². The fourth-order valence-corrected chi connectivity index (χ4v) is 7.21. The Kier molecular flexibility index (Phi) is 16.4. The maximum absolute atomic E-state index is 16.1. The SMILES string of the molecule is CCOc1ccccc1-c1ncc(C2(C(=O)N[C@@H]3CCN(CCOCCOCCOCCOCCN)C3)CCN(c3ccc(C(F)(F)F)cc3C#N)CC2)cc1F. The van der Waals surface area contributed by atoms with Crippen LogP contribution < -0.4 is 20.7 Å². The van der Waals surface area contributed by atoms with Gasteiger partial charge in [0.25, 0.3) is 0 Å². The van der Waals surface area contributed by atoms with Crippen LogP contribution in [0.3, 0.4) is 0 Å². The van der Waals surface area contributed by atoms with E-state index >= 15 is 4.39 Å². The molecule has 1 aromatic heterocycles. The zero-order chi connectivity index (χ0) is 40.7. The number of rotatable bonds is 21. The van der Waals surface area contributed by atoms with Crippen LogP contribution in [0.25, 0.3) is 11.3 Å². The number of nitriles is 1. The molecule has 3 heterocycles. The minimum Gasteiger partial charge on any atom is -0.493 e. The van der Waals surface area contributed by atoms with E-state index in [0.717, 1.165) is 18.7 Å². The average Bonchev–Trinajstić information content (AvgIpc) is 3.66. The molecule has 12 nitrogen and oxygen atoms in total. The van der Waals surface area contributed by atoms with Gasteiger partial charge in [0.1, 0.15) is 23.3 Å². The molecule has 3 N–H and O–H groups in total. The van der Waals surface area contributed by atoms with Gasteiger partial charge in [0.05, 0.1) is 81.7 Å². The van der Waals surface area contributed by atoms with E-state index in [0.29, 0.717) is 108 Å². The summed E-state index contributed by atoms with van der Waals surface area (Å²) in [5.74, 6) is -0.402. The molecule has 2 aliphatic heterocycles. The van der Waals surface area contributed by atoms with Crippen LogP contribution >= 0.6 is 0 Å². The quantitative estimate of drug-likeness (QED) is 0.112. The number of para-hydroxylation sites is 1. The number of carbonyl (C=O) groups is 1. The van der Waals surface area contributed by atoms with E-state index in [-0.39, 0.29) is 49.1 Å². The Labute approximate surface area is 331 Å². The Morgan fingerprint density at radius 2 is 1.63 bits per heavy atom. The van der Waals surface area contributed by atoms with Gasteiger partial charge >= 0.3 is 6.18 Å². The van der Waals surface area contributed by atoms with Gasteiger partial charge in [-0.3, -0.25) is 14.7 Å². The largest absolute Gasteiger partial charge is 0.493 e. The minimum atomic E-state index is -4.60. The number of piperidine rings is 1. The predicted octanol–water partition coefficient (Wildman–Crippen LogP) is 4.93. The number of nitrogens with two attached hydrogens (primary N) is 1. The summed E-state index contributed by atoms with van der Waals surface area (Å²) in [5, 5.41) is 13.0. The molecule has 1 amide bonds. The number of amides is 1. The molecule has 3 aromatic rings. The monoisotopic (exact) mass is 800 g/mol. The number of nitrogens with zero attached hydrogens (tertiary/aromatic N) is 4. The lowest BCUT2D eigenvalue weighted by atomic mass is 9.72. The van der Waals surface area contributed by atoms with E-state index in [2.05, 4.69) is 15.2 Å². The van der Waals surface area contributed by atoms with E-state index < -0.39 is 23.0 Å². The van der Waals surface area contributed by atoms with Crippen LogP contribution in [0, 0.1) is 17.1 Å². The molecule has 310 valence electrons. The molecule has 0 spiro atoms. The Hall–Kier alpha value is -4.37. The highest BCUT2D eigenvalue weighted by Gasteiger charge is 2.45. The Morgan fingerprint density at radius 3 is 2.26 bits per heavy atom. The number of nitrogens with one attached hydrogen (secondary N) is 1. The first-order valence-corrected chi connectivity index (χ1v) is 19.4. The van der Waals surface area contributed by atoms with Gasteiger partial charge in [-0.1, -0.05) is 12.1 Å².